The Morgan fingerprint density at radius 1 is 0.765 bits per heavy atom. The van der Waals surface area contributed by atoms with E-state index in [0.717, 1.165) is 52.9 Å². The number of aryl methyl sites for hydroxylation is 2. The van der Waals surface area contributed by atoms with Gasteiger partial charge in [-0.05, 0) is 39.2 Å². The number of carboxylic acids is 3. The molecule has 0 unspecified atom stereocenters. The van der Waals surface area contributed by atoms with Crippen molar-refractivity contribution < 1.29 is 55.9 Å². The molecule has 1 aliphatic carbocycles. The van der Waals surface area contributed by atoms with E-state index in [9.17, 15) is 0 Å². The standard InChI is InChI=1S/C21H25.3C2H4O2.Zr/c1-5-14-10-9-11-16-13-17-12-15(6-2)18(7-3)19(8-4)21(17)20(14)16;3*1-2(3)4;/h9-11H,5-8,13H2,1-4H3;3*1H3,(H,3,4);/q-1;;;;+4/p-3. The second-order valence-electron chi connectivity index (χ2n) is 7.43. The Hall–Kier alpha value is -2.27. The molecule has 0 fully saturated rings. The number of carbonyl (C=O) groups is 3. The van der Waals surface area contributed by atoms with Crippen molar-refractivity contribution >= 4 is 17.9 Å². The number of aliphatic carboxylic acids is 3. The minimum atomic E-state index is -1.08. The summed E-state index contributed by atoms with van der Waals surface area (Å²) in [7, 11) is 0. The van der Waals surface area contributed by atoms with Crippen LogP contribution in [-0.2, 0) is 72.7 Å². The molecule has 0 spiro atoms. The van der Waals surface area contributed by atoms with E-state index in [0.29, 0.717) is 0 Å². The van der Waals surface area contributed by atoms with Gasteiger partial charge >= 0.3 is 26.2 Å². The molecule has 0 radical (unpaired) electrons. The molecule has 0 atom stereocenters. The predicted molar refractivity (Wildman–Crippen MR) is 123 cm³/mol. The SMILES string of the molecule is CC(=O)[O-].CC(=O)[O-].CC(=O)[O-].CCc1[c-]c2c(c(CC)c1CC)-c1c(CC)cccc1C2.[Zr+4]. The van der Waals surface area contributed by atoms with Gasteiger partial charge < -0.3 is 29.7 Å². The van der Waals surface area contributed by atoms with Crippen LogP contribution in [0.4, 0.5) is 0 Å². The molecule has 3 rings (SSSR count). The van der Waals surface area contributed by atoms with E-state index in [-0.39, 0.29) is 26.2 Å². The molecule has 2 aromatic carbocycles. The van der Waals surface area contributed by atoms with Crippen molar-refractivity contribution in [3.8, 4) is 11.1 Å². The van der Waals surface area contributed by atoms with Gasteiger partial charge in [0.05, 0.1) is 0 Å². The molecule has 182 valence electrons. The molecule has 0 aromatic heterocycles. The van der Waals surface area contributed by atoms with E-state index in [1.165, 1.54) is 33.4 Å². The van der Waals surface area contributed by atoms with E-state index < -0.39 is 17.9 Å². The van der Waals surface area contributed by atoms with E-state index in [2.05, 4.69) is 52.0 Å². The fourth-order valence-corrected chi connectivity index (χ4v) is 4.00. The van der Waals surface area contributed by atoms with Gasteiger partial charge in [0.1, 0.15) is 0 Å². The van der Waals surface area contributed by atoms with E-state index in [1.54, 1.807) is 11.1 Å². The Morgan fingerprint density at radius 2 is 1.24 bits per heavy atom. The Morgan fingerprint density at radius 3 is 1.62 bits per heavy atom. The Labute approximate surface area is 222 Å². The molecule has 0 bridgehead atoms. The maximum absolute atomic E-state index is 8.89. The molecule has 0 aliphatic heterocycles. The summed E-state index contributed by atoms with van der Waals surface area (Å²) in [5, 5.41) is 26.7. The third-order valence-corrected chi connectivity index (χ3v) is 4.93. The number of benzene rings is 2. The van der Waals surface area contributed by atoms with Crippen molar-refractivity contribution in [1.82, 2.24) is 0 Å². The molecular weight excluding hydrogens is 512 g/mol. The number of hydrogen-bond donors (Lipinski definition) is 0. The molecule has 0 saturated carbocycles. The zero-order valence-corrected chi connectivity index (χ0v) is 23.7. The molecule has 34 heavy (non-hydrogen) atoms. The predicted octanol–water partition coefficient (Wildman–Crippen LogP) is 1.57. The molecule has 0 saturated heterocycles. The minimum Gasteiger partial charge on any atom is -0.550 e. The van der Waals surface area contributed by atoms with Crippen molar-refractivity contribution in [3.63, 3.8) is 0 Å². The topological polar surface area (TPSA) is 120 Å². The molecule has 6 nitrogen and oxygen atoms in total. The van der Waals surface area contributed by atoms with Gasteiger partial charge in [-0.2, -0.15) is 11.6 Å². The van der Waals surface area contributed by atoms with E-state index in [1.807, 2.05) is 0 Å². The van der Waals surface area contributed by atoms with Crippen LogP contribution in [0.15, 0.2) is 18.2 Å². The maximum Gasteiger partial charge on any atom is 4.00 e. The summed E-state index contributed by atoms with van der Waals surface area (Å²) in [6.07, 6.45) is 5.54. The van der Waals surface area contributed by atoms with Gasteiger partial charge in [0.2, 0.25) is 0 Å². The zero-order valence-electron chi connectivity index (χ0n) is 21.2. The van der Waals surface area contributed by atoms with Gasteiger partial charge in [-0.15, -0.1) is 22.3 Å². The number of fused-ring (bicyclic) bond motifs is 3. The summed E-state index contributed by atoms with van der Waals surface area (Å²) in [5.41, 5.74) is 12.1. The Bertz CT molecular complexity index is 926. The monoisotopic (exact) mass is 544 g/mol. The van der Waals surface area contributed by atoms with Crippen LogP contribution in [0.25, 0.3) is 11.1 Å². The quantitative estimate of drug-likeness (QED) is 0.459. The Kier molecular flexibility index (Phi) is 17.2. The first-order chi connectivity index (χ1) is 15.4. The van der Waals surface area contributed by atoms with Crippen LogP contribution in [0.3, 0.4) is 0 Å². The smallest absolute Gasteiger partial charge is 0.550 e. The van der Waals surface area contributed by atoms with Crippen molar-refractivity contribution in [2.24, 2.45) is 0 Å². The number of carboxylic acid groups (broad SMARTS) is 3. The van der Waals surface area contributed by atoms with Gasteiger partial charge in [-0.3, -0.25) is 0 Å². The summed E-state index contributed by atoms with van der Waals surface area (Å²) >= 11 is 0. The van der Waals surface area contributed by atoms with Crippen LogP contribution in [0.5, 0.6) is 0 Å². The van der Waals surface area contributed by atoms with Gasteiger partial charge in [0.25, 0.3) is 0 Å². The molecule has 2 aromatic rings. The van der Waals surface area contributed by atoms with Crippen LogP contribution >= 0.6 is 0 Å². The second kappa shape index (κ2) is 17.2. The fraction of sp³-hybridized carbons (Fsp3) is 0.444. The van der Waals surface area contributed by atoms with Crippen molar-refractivity contribution in [2.45, 2.75) is 80.6 Å². The van der Waals surface area contributed by atoms with Crippen LogP contribution in [0, 0.1) is 6.07 Å². The zero-order chi connectivity index (χ0) is 25.7. The average Bonchev–Trinajstić information content (AvgIpc) is 3.09. The van der Waals surface area contributed by atoms with Gasteiger partial charge in [-0.1, -0.05) is 76.3 Å². The largest absolute Gasteiger partial charge is 4.00 e. The number of hydrogen-bond acceptors (Lipinski definition) is 6. The second-order valence-corrected chi connectivity index (χ2v) is 7.43. The van der Waals surface area contributed by atoms with Crippen molar-refractivity contribution in [1.29, 1.82) is 0 Å². The third-order valence-electron chi connectivity index (χ3n) is 4.93. The molecule has 0 N–H and O–H groups in total. The van der Waals surface area contributed by atoms with E-state index in [4.69, 9.17) is 29.7 Å². The summed E-state index contributed by atoms with van der Waals surface area (Å²) in [4.78, 5) is 26.7. The van der Waals surface area contributed by atoms with Gasteiger partial charge in [-0.25, -0.2) is 0 Å². The number of rotatable bonds is 4. The first kappa shape index (κ1) is 33.9. The van der Waals surface area contributed by atoms with Crippen LogP contribution in [0.1, 0.15) is 81.8 Å². The summed E-state index contributed by atoms with van der Waals surface area (Å²) in [5.74, 6) is -3.25. The van der Waals surface area contributed by atoms with Gasteiger partial charge in [0, 0.05) is 17.9 Å². The van der Waals surface area contributed by atoms with Crippen molar-refractivity contribution in [2.75, 3.05) is 0 Å². The van der Waals surface area contributed by atoms with Crippen LogP contribution < -0.4 is 15.3 Å². The third kappa shape index (κ3) is 10.8. The normalized spacial score (nSPS) is 9.85. The first-order valence-electron chi connectivity index (χ1n) is 11.2. The summed E-state index contributed by atoms with van der Waals surface area (Å²) < 4.78 is 0. The molecular formula is C27H34O6Zr. The number of carbonyl (C=O) groups excluding carboxylic acids is 3. The molecule has 7 heteroatoms. The minimum absolute atomic E-state index is 0. The summed E-state index contributed by atoms with van der Waals surface area (Å²) in [6.45, 7) is 12.0. The molecule has 0 heterocycles. The Balaban J connectivity index is 0. The maximum atomic E-state index is 8.89. The first-order valence-corrected chi connectivity index (χ1v) is 11.2. The van der Waals surface area contributed by atoms with Gasteiger partial charge in [0.15, 0.2) is 0 Å². The van der Waals surface area contributed by atoms with Crippen molar-refractivity contribution in [3.05, 3.63) is 57.6 Å². The molecule has 1 aliphatic rings. The van der Waals surface area contributed by atoms with Crippen LogP contribution in [0.2, 0.25) is 0 Å². The summed E-state index contributed by atoms with van der Waals surface area (Å²) in [6, 6.07) is 10.6. The molecule has 0 amide bonds. The fourth-order valence-electron chi connectivity index (χ4n) is 4.00. The average molecular weight is 546 g/mol. The van der Waals surface area contributed by atoms with Crippen LogP contribution in [-0.4, -0.2) is 17.9 Å². The van der Waals surface area contributed by atoms with E-state index >= 15 is 0 Å².